The molecule has 5 heteroatoms. The number of carbonyl (C=O) groups excluding carboxylic acids is 1. The molecule has 0 saturated carbocycles. The number of amides is 1. The first-order chi connectivity index (χ1) is 8.54. The number of hydrogen-bond donors (Lipinski definition) is 0. The van der Waals surface area contributed by atoms with Crippen molar-refractivity contribution >= 4 is 11.6 Å². The van der Waals surface area contributed by atoms with Gasteiger partial charge in [0.25, 0.3) is 5.91 Å². The van der Waals surface area contributed by atoms with Crippen molar-refractivity contribution in [3.05, 3.63) is 29.6 Å². The normalized spacial score (nSPS) is 19.1. The van der Waals surface area contributed by atoms with Crippen LogP contribution >= 0.6 is 0 Å². The summed E-state index contributed by atoms with van der Waals surface area (Å²) in [4.78, 5) is 11.7. The van der Waals surface area contributed by atoms with Gasteiger partial charge in [0.2, 0.25) is 0 Å². The Hall–Kier alpha value is -1.91. The first-order valence-corrected chi connectivity index (χ1v) is 5.83. The van der Waals surface area contributed by atoms with Crippen molar-refractivity contribution in [2.24, 2.45) is 11.0 Å². The van der Waals surface area contributed by atoms with E-state index in [9.17, 15) is 9.18 Å². The van der Waals surface area contributed by atoms with Gasteiger partial charge in [0.15, 0.2) is 0 Å². The van der Waals surface area contributed by atoms with Crippen molar-refractivity contribution in [1.82, 2.24) is 5.01 Å². The zero-order valence-electron chi connectivity index (χ0n) is 10.6. The molecule has 1 aliphatic rings. The summed E-state index contributed by atoms with van der Waals surface area (Å²) in [6.45, 7) is 4.04. The molecule has 0 bridgehead atoms. The summed E-state index contributed by atoms with van der Waals surface area (Å²) >= 11 is 0. The monoisotopic (exact) mass is 250 g/mol. The van der Waals surface area contributed by atoms with E-state index in [4.69, 9.17) is 4.74 Å². The van der Waals surface area contributed by atoms with E-state index < -0.39 is 0 Å². The van der Waals surface area contributed by atoms with Crippen LogP contribution in [0.2, 0.25) is 0 Å². The zero-order valence-corrected chi connectivity index (χ0v) is 10.6. The highest BCUT2D eigenvalue weighted by Gasteiger charge is 2.32. The molecule has 1 aromatic rings. The molecule has 0 saturated heterocycles. The maximum Gasteiger partial charge on any atom is 0.251 e. The van der Waals surface area contributed by atoms with Crippen LogP contribution < -0.4 is 4.74 Å². The lowest BCUT2D eigenvalue weighted by Gasteiger charge is -2.11. The fourth-order valence-corrected chi connectivity index (χ4v) is 1.96. The molecule has 1 unspecified atom stereocenters. The second-order valence-corrected chi connectivity index (χ2v) is 4.14. The third-order valence-corrected chi connectivity index (χ3v) is 2.88. The van der Waals surface area contributed by atoms with Gasteiger partial charge in [0, 0.05) is 18.7 Å². The molecule has 1 heterocycles. The maximum atomic E-state index is 13.2. The standard InChI is InChI=1S/C13H15FN2O2/c1-4-18-11-7-9(14)5-6-10(11)12-8(2)13(17)16(3)15-12/h5-8H,4H2,1-3H3. The van der Waals surface area contributed by atoms with Gasteiger partial charge >= 0.3 is 0 Å². The fraction of sp³-hybridized carbons (Fsp3) is 0.385. The molecule has 1 atom stereocenters. The lowest BCUT2D eigenvalue weighted by atomic mass is 9.98. The van der Waals surface area contributed by atoms with E-state index in [1.165, 1.54) is 17.1 Å². The molecule has 0 N–H and O–H groups in total. The molecule has 0 aromatic heterocycles. The number of benzene rings is 1. The predicted octanol–water partition coefficient (Wildman–Crippen LogP) is 2.04. The summed E-state index contributed by atoms with van der Waals surface area (Å²) in [6, 6.07) is 4.26. The average Bonchev–Trinajstić information content (AvgIpc) is 2.58. The quantitative estimate of drug-likeness (QED) is 0.823. The van der Waals surface area contributed by atoms with Gasteiger partial charge in [0.05, 0.1) is 18.2 Å². The van der Waals surface area contributed by atoms with E-state index in [0.717, 1.165) is 0 Å². The maximum absolute atomic E-state index is 13.2. The van der Waals surface area contributed by atoms with E-state index in [1.807, 2.05) is 6.92 Å². The van der Waals surface area contributed by atoms with Crippen LogP contribution in [0.3, 0.4) is 0 Å². The van der Waals surface area contributed by atoms with Crippen LogP contribution in [0.15, 0.2) is 23.3 Å². The molecule has 96 valence electrons. The Bertz CT molecular complexity index is 514. The second kappa shape index (κ2) is 4.76. The predicted molar refractivity (Wildman–Crippen MR) is 66.0 cm³/mol. The number of rotatable bonds is 3. The molecule has 2 rings (SSSR count). The molecule has 1 aliphatic heterocycles. The molecule has 1 aromatic carbocycles. The molecule has 18 heavy (non-hydrogen) atoms. The molecular formula is C13H15FN2O2. The minimum absolute atomic E-state index is 0.0724. The number of halogens is 1. The summed E-state index contributed by atoms with van der Waals surface area (Å²) in [5.41, 5.74) is 1.29. The average molecular weight is 250 g/mol. The minimum atomic E-state index is -0.367. The third kappa shape index (κ3) is 2.08. The van der Waals surface area contributed by atoms with Crippen molar-refractivity contribution in [3.8, 4) is 5.75 Å². The van der Waals surface area contributed by atoms with Crippen LogP contribution in [-0.4, -0.2) is 30.3 Å². The number of ether oxygens (including phenoxy) is 1. The third-order valence-electron chi connectivity index (χ3n) is 2.88. The van der Waals surface area contributed by atoms with Crippen LogP contribution in [0.5, 0.6) is 5.75 Å². The van der Waals surface area contributed by atoms with E-state index in [1.54, 1.807) is 20.0 Å². The Balaban J connectivity index is 2.45. The molecule has 4 nitrogen and oxygen atoms in total. The van der Waals surface area contributed by atoms with Crippen molar-refractivity contribution in [1.29, 1.82) is 0 Å². The molecule has 0 aliphatic carbocycles. The fourth-order valence-electron chi connectivity index (χ4n) is 1.96. The first kappa shape index (κ1) is 12.5. The van der Waals surface area contributed by atoms with Gasteiger partial charge in [-0.25, -0.2) is 9.40 Å². The summed E-state index contributed by atoms with van der Waals surface area (Å²) < 4.78 is 18.6. The summed E-state index contributed by atoms with van der Waals surface area (Å²) in [6.07, 6.45) is 0. The van der Waals surface area contributed by atoms with Crippen molar-refractivity contribution in [2.75, 3.05) is 13.7 Å². The van der Waals surface area contributed by atoms with Crippen molar-refractivity contribution < 1.29 is 13.9 Å². The highest BCUT2D eigenvalue weighted by molar-refractivity contribution is 6.16. The Morgan fingerprint density at radius 1 is 1.50 bits per heavy atom. The smallest absolute Gasteiger partial charge is 0.251 e. The van der Waals surface area contributed by atoms with Gasteiger partial charge < -0.3 is 4.74 Å². The van der Waals surface area contributed by atoms with Gasteiger partial charge in [-0.1, -0.05) is 0 Å². The molecule has 0 radical (unpaired) electrons. The first-order valence-electron chi connectivity index (χ1n) is 5.83. The number of hydrazone groups is 1. The van der Waals surface area contributed by atoms with E-state index in [0.29, 0.717) is 23.6 Å². The zero-order chi connectivity index (χ0) is 13.3. The summed E-state index contributed by atoms with van der Waals surface area (Å²) in [5.74, 6) is -0.351. The van der Waals surface area contributed by atoms with E-state index in [2.05, 4.69) is 5.10 Å². The van der Waals surface area contributed by atoms with Gasteiger partial charge in [-0.3, -0.25) is 4.79 Å². The van der Waals surface area contributed by atoms with Crippen molar-refractivity contribution in [2.45, 2.75) is 13.8 Å². The van der Waals surface area contributed by atoms with Gasteiger partial charge in [-0.15, -0.1) is 0 Å². The Morgan fingerprint density at radius 2 is 2.22 bits per heavy atom. The number of carbonyl (C=O) groups is 1. The van der Waals surface area contributed by atoms with Crippen molar-refractivity contribution in [3.63, 3.8) is 0 Å². The lowest BCUT2D eigenvalue weighted by Crippen LogP contribution is -2.22. The second-order valence-electron chi connectivity index (χ2n) is 4.14. The van der Waals surface area contributed by atoms with E-state index in [-0.39, 0.29) is 17.6 Å². The number of nitrogens with zero attached hydrogens (tertiary/aromatic N) is 2. The highest BCUT2D eigenvalue weighted by atomic mass is 19.1. The Labute approximate surface area is 105 Å². The summed E-state index contributed by atoms with van der Waals surface area (Å²) in [5, 5.41) is 5.50. The van der Waals surface area contributed by atoms with E-state index >= 15 is 0 Å². The van der Waals surface area contributed by atoms with Gasteiger partial charge in [-0.05, 0) is 26.0 Å². The largest absolute Gasteiger partial charge is 0.493 e. The van der Waals surface area contributed by atoms with Crippen LogP contribution in [0.25, 0.3) is 0 Å². The topological polar surface area (TPSA) is 41.9 Å². The minimum Gasteiger partial charge on any atom is -0.493 e. The molecular weight excluding hydrogens is 235 g/mol. The lowest BCUT2D eigenvalue weighted by molar-refractivity contribution is -0.130. The summed E-state index contributed by atoms with van der Waals surface area (Å²) in [7, 11) is 1.61. The van der Waals surface area contributed by atoms with Gasteiger partial charge in [-0.2, -0.15) is 5.10 Å². The van der Waals surface area contributed by atoms with Crippen LogP contribution in [0, 0.1) is 11.7 Å². The van der Waals surface area contributed by atoms with Crippen LogP contribution in [-0.2, 0) is 4.79 Å². The SMILES string of the molecule is CCOc1cc(F)ccc1C1=NN(C)C(=O)C1C. The van der Waals surface area contributed by atoms with Gasteiger partial charge in [0.1, 0.15) is 11.6 Å². The number of hydrogen-bond acceptors (Lipinski definition) is 3. The molecule has 0 spiro atoms. The Morgan fingerprint density at radius 3 is 2.78 bits per heavy atom. The van der Waals surface area contributed by atoms with Crippen LogP contribution in [0.4, 0.5) is 4.39 Å². The molecule has 1 amide bonds. The Kier molecular flexibility index (Phi) is 3.32. The molecule has 0 fully saturated rings. The van der Waals surface area contributed by atoms with Crippen LogP contribution in [0.1, 0.15) is 19.4 Å². The highest BCUT2D eigenvalue weighted by Crippen LogP contribution is 2.27.